The lowest BCUT2D eigenvalue weighted by Gasteiger charge is -2.01. The predicted octanol–water partition coefficient (Wildman–Crippen LogP) is 2.17. The average molecular weight is 242 g/mol. The van der Waals surface area contributed by atoms with E-state index in [0.29, 0.717) is 5.69 Å². The molecule has 0 saturated carbocycles. The number of hydrogen-bond acceptors (Lipinski definition) is 2. The van der Waals surface area contributed by atoms with Gasteiger partial charge < -0.3 is 0 Å². The van der Waals surface area contributed by atoms with Crippen LogP contribution in [0.25, 0.3) is 5.69 Å². The topological polar surface area (TPSA) is 30.7 Å². The van der Waals surface area contributed by atoms with Crippen LogP contribution in [-0.4, -0.2) is 14.8 Å². The fourth-order valence-corrected chi connectivity index (χ4v) is 1.34. The fraction of sp³-hybridized carbons (Fsp3) is 0. The lowest BCUT2D eigenvalue weighted by atomic mass is 10.3. The lowest BCUT2D eigenvalue weighted by Crippen LogP contribution is -1.97. The second-order valence-corrected chi connectivity index (χ2v) is 3.35. The number of halogens is 2. The Morgan fingerprint density at radius 3 is 2.92 bits per heavy atom. The van der Waals surface area contributed by atoms with E-state index in [1.165, 1.54) is 23.4 Å². The zero-order chi connectivity index (χ0) is 9.26. The van der Waals surface area contributed by atoms with Gasteiger partial charge in [-0.25, -0.2) is 14.1 Å². The van der Waals surface area contributed by atoms with E-state index in [4.69, 9.17) is 0 Å². The van der Waals surface area contributed by atoms with Crippen molar-refractivity contribution in [2.75, 3.05) is 0 Å². The molecule has 5 heteroatoms. The van der Waals surface area contributed by atoms with Crippen molar-refractivity contribution >= 4 is 15.9 Å². The molecular formula is C8H5BrFN3. The third-order valence-electron chi connectivity index (χ3n) is 1.57. The molecule has 0 aliphatic carbocycles. The van der Waals surface area contributed by atoms with Gasteiger partial charge in [0.1, 0.15) is 24.2 Å². The maximum atomic E-state index is 13.2. The highest BCUT2D eigenvalue weighted by atomic mass is 79.9. The van der Waals surface area contributed by atoms with E-state index in [-0.39, 0.29) is 5.82 Å². The molecule has 1 aromatic heterocycles. The fourth-order valence-electron chi connectivity index (χ4n) is 0.994. The second kappa shape index (κ2) is 3.26. The minimum Gasteiger partial charge on any atom is -0.223 e. The van der Waals surface area contributed by atoms with E-state index >= 15 is 0 Å². The van der Waals surface area contributed by atoms with Gasteiger partial charge in [-0.2, -0.15) is 5.10 Å². The highest BCUT2D eigenvalue weighted by molar-refractivity contribution is 9.10. The van der Waals surface area contributed by atoms with Gasteiger partial charge in [-0.3, -0.25) is 0 Å². The van der Waals surface area contributed by atoms with Gasteiger partial charge in [0.2, 0.25) is 0 Å². The van der Waals surface area contributed by atoms with Crippen LogP contribution in [-0.2, 0) is 0 Å². The molecule has 0 saturated heterocycles. The normalized spacial score (nSPS) is 10.3. The Morgan fingerprint density at radius 2 is 2.23 bits per heavy atom. The van der Waals surface area contributed by atoms with Crippen molar-refractivity contribution in [3.8, 4) is 5.69 Å². The van der Waals surface area contributed by atoms with Gasteiger partial charge in [0.05, 0.1) is 0 Å². The summed E-state index contributed by atoms with van der Waals surface area (Å²) in [6.07, 6.45) is 2.81. The molecule has 1 heterocycles. The minimum atomic E-state index is -0.325. The Kier molecular flexibility index (Phi) is 2.10. The Balaban J connectivity index is 2.57. The van der Waals surface area contributed by atoms with Crippen LogP contribution in [0.2, 0.25) is 0 Å². The summed E-state index contributed by atoms with van der Waals surface area (Å²) < 4.78 is 15.4. The van der Waals surface area contributed by atoms with Gasteiger partial charge in [-0.1, -0.05) is 15.9 Å². The summed E-state index contributed by atoms with van der Waals surface area (Å²) in [5, 5.41) is 3.83. The first kappa shape index (κ1) is 8.37. The lowest BCUT2D eigenvalue weighted by molar-refractivity contribution is 0.610. The molecule has 0 bridgehead atoms. The molecule has 0 aliphatic heterocycles. The monoisotopic (exact) mass is 241 g/mol. The first-order valence-corrected chi connectivity index (χ1v) is 4.37. The first-order valence-electron chi connectivity index (χ1n) is 3.57. The van der Waals surface area contributed by atoms with Crippen molar-refractivity contribution in [2.24, 2.45) is 0 Å². The summed E-state index contributed by atoms with van der Waals surface area (Å²) in [5.41, 5.74) is 0.381. The standard InChI is InChI=1S/C8H5BrFN3/c9-6-1-2-7(10)8(3-6)13-5-11-4-12-13/h1-5H. The summed E-state index contributed by atoms with van der Waals surface area (Å²) >= 11 is 3.25. The molecular weight excluding hydrogens is 237 g/mol. The summed E-state index contributed by atoms with van der Waals surface area (Å²) in [5.74, 6) is -0.325. The third-order valence-corrected chi connectivity index (χ3v) is 2.07. The Bertz CT molecular complexity index is 413. The quantitative estimate of drug-likeness (QED) is 0.767. The Morgan fingerprint density at radius 1 is 1.38 bits per heavy atom. The zero-order valence-electron chi connectivity index (χ0n) is 6.48. The highest BCUT2D eigenvalue weighted by Crippen LogP contribution is 2.17. The maximum absolute atomic E-state index is 13.2. The van der Waals surface area contributed by atoms with Crippen LogP contribution >= 0.6 is 15.9 Å². The van der Waals surface area contributed by atoms with Crippen molar-refractivity contribution in [1.29, 1.82) is 0 Å². The summed E-state index contributed by atoms with van der Waals surface area (Å²) in [7, 11) is 0. The number of hydrogen-bond donors (Lipinski definition) is 0. The van der Waals surface area contributed by atoms with Crippen molar-refractivity contribution in [3.63, 3.8) is 0 Å². The van der Waals surface area contributed by atoms with Crippen LogP contribution in [0.5, 0.6) is 0 Å². The van der Waals surface area contributed by atoms with Crippen molar-refractivity contribution in [3.05, 3.63) is 41.1 Å². The van der Waals surface area contributed by atoms with Crippen LogP contribution in [0.15, 0.2) is 35.3 Å². The molecule has 0 N–H and O–H groups in total. The number of nitrogens with zero attached hydrogens (tertiary/aromatic N) is 3. The van der Waals surface area contributed by atoms with Gasteiger partial charge >= 0.3 is 0 Å². The maximum Gasteiger partial charge on any atom is 0.149 e. The molecule has 0 amide bonds. The van der Waals surface area contributed by atoms with Gasteiger partial charge in [0.15, 0.2) is 0 Å². The molecule has 13 heavy (non-hydrogen) atoms. The second-order valence-electron chi connectivity index (χ2n) is 2.44. The third kappa shape index (κ3) is 1.60. The van der Waals surface area contributed by atoms with E-state index in [1.54, 1.807) is 12.1 Å². The van der Waals surface area contributed by atoms with Crippen LogP contribution in [0.3, 0.4) is 0 Å². The molecule has 0 aliphatic rings. The van der Waals surface area contributed by atoms with Crippen molar-refractivity contribution in [1.82, 2.24) is 14.8 Å². The minimum absolute atomic E-state index is 0.325. The molecule has 0 spiro atoms. The highest BCUT2D eigenvalue weighted by Gasteiger charge is 2.04. The molecule has 66 valence electrons. The average Bonchev–Trinajstić information content (AvgIpc) is 2.61. The van der Waals surface area contributed by atoms with E-state index in [1.807, 2.05) is 0 Å². The van der Waals surface area contributed by atoms with E-state index in [2.05, 4.69) is 26.0 Å². The molecule has 0 fully saturated rings. The van der Waals surface area contributed by atoms with Gasteiger partial charge in [-0.05, 0) is 18.2 Å². The SMILES string of the molecule is Fc1ccc(Br)cc1-n1cncn1. The van der Waals surface area contributed by atoms with Crippen LogP contribution in [0, 0.1) is 5.82 Å². The van der Waals surface area contributed by atoms with Gasteiger partial charge in [-0.15, -0.1) is 0 Å². The van der Waals surface area contributed by atoms with Crippen molar-refractivity contribution in [2.45, 2.75) is 0 Å². The first-order chi connectivity index (χ1) is 6.27. The molecule has 2 rings (SSSR count). The summed E-state index contributed by atoms with van der Waals surface area (Å²) in [6, 6.07) is 4.65. The largest absolute Gasteiger partial charge is 0.223 e. The Labute approximate surface area is 82.3 Å². The van der Waals surface area contributed by atoms with Crippen LogP contribution in [0.1, 0.15) is 0 Å². The molecule has 0 unspecified atom stereocenters. The zero-order valence-corrected chi connectivity index (χ0v) is 8.07. The van der Waals surface area contributed by atoms with Gasteiger partial charge in [0.25, 0.3) is 0 Å². The molecule has 3 nitrogen and oxygen atoms in total. The van der Waals surface area contributed by atoms with Crippen LogP contribution < -0.4 is 0 Å². The number of rotatable bonds is 1. The van der Waals surface area contributed by atoms with Crippen molar-refractivity contribution < 1.29 is 4.39 Å². The molecule has 2 aromatic rings. The predicted molar refractivity (Wildman–Crippen MR) is 49.0 cm³/mol. The summed E-state index contributed by atoms with van der Waals surface area (Å²) in [6.45, 7) is 0. The Hall–Kier alpha value is -1.23. The van der Waals surface area contributed by atoms with E-state index in [0.717, 1.165) is 4.47 Å². The van der Waals surface area contributed by atoms with E-state index < -0.39 is 0 Å². The molecule has 0 radical (unpaired) electrons. The smallest absolute Gasteiger partial charge is 0.149 e. The van der Waals surface area contributed by atoms with E-state index in [9.17, 15) is 4.39 Å². The number of aromatic nitrogens is 3. The number of benzene rings is 1. The molecule has 1 aromatic carbocycles. The molecule has 0 atom stereocenters. The summed E-state index contributed by atoms with van der Waals surface area (Å²) in [4.78, 5) is 3.74. The van der Waals surface area contributed by atoms with Crippen LogP contribution in [0.4, 0.5) is 4.39 Å². The van der Waals surface area contributed by atoms with Gasteiger partial charge in [0, 0.05) is 4.47 Å².